The summed E-state index contributed by atoms with van der Waals surface area (Å²) in [5.74, 6) is 1.10. The van der Waals surface area contributed by atoms with Gasteiger partial charge in [-0.05, 0) is 18.3 Å². The lowest BCUT2D eigenvalue weighted by Gasteiger charge is -2.34. The van der Waals surface area contributed by atoms with Crippen molar-refractivity contribution in [2.75, 3.05) is 26.7 Å². The third-order valence-electron chi connectivity index (χ3n) is 3.79. The molecule has 1 fully saturated rings. The fraction of sp³-hybridized carbons (Fsp3) is 0.917. The minimum atomic E-state index is 0.504. The van der Waals surface area contributed by atoms with Gasteiger partial charge in [-0.1, -0.05) is 26.2 Å². The first-order chi connectivity index (χ1) is 7.20. The van der Waals surface area contributed by atoms with Crippen molar-refractivity contribution < 1.29 is 0 Å². The van der Waals surface area contributed by atoms with Crippen molar-refractivity contribution >= 4 is 5.96 Å². The third kappa shape index (κ3) is 2.64. The molecule has 0 spiro atoms. The molecule has 0 amide bonds. The fourth-order valence-corrected chi connectivity index (χ4v) is 2.60. The largest absolute Gasteiger partial charge is 0.356 e. The highest BCUT2D eigenvalue weighted by atomic mass is 15.3. The smallest absolute Gasteiger partial charge is 0.193 e. The molecule has 1 aliphatic carbocycles. The molecule has 0 unspecified atom stereocenters. The number of nitrogens with one attached hydrogen (secondary N) is 1. The van der Waals surface area contributed by atoms with Gasteiger partial charge in [0, 0.05) is 20.1 Å². The molecule has 0 aromatic carbocycles. The maximum absolute atomic E-state index is 4.46. The second kappa shape index (κ2) is 4.42. The van der Waals surface area contributed by atoms with Gasteiger partial charge < -0.3 is 10.2 Å². The number of rotatable bonds is 2. The van der Waals surface area contributed by atoms with E-state index >= 15 is 0 Å². The van der Waals surface area contributed by atoms with E-state index in [9.17, 15) is 0 Å². The molecule has 1 N–H and O–H groups in total. The van der Waals surface area contributed by atoms with Crippen molar-refractivity contribution in [3.8, 4) is 0 Å². The average Bonchev–Trinajstić information content (AvgIpc) is 2.62. The van der Waals surface area contributed by atoms with E-state index < -0.39 is 0 Å². The van der Waals surface area contributed by atoms with Crippen LogP contribution in [0.25, 0.3) is 0 Å². The van der Waals surface area contributed by atoms with E-state index in [-0.39, 0.29) is 0 Å². The minimum Gasteiger partial charge on any atom is -0.356 e. The highest BCUT2D eigenvalue weighted by molar-refractivity contribution is 5.81. The minimum absolute atomic E-state index is 0.504. The number of hydrogen-bond acceptors (Lipinski definition) is 3. The van der Waals surface area contributed by atoms with E-state index in [0.717, 1.165) is 25.6 Å². The molecule has 1 heterocycles. The van der Waals surface area contributed by atoms with E-state index in [2.05, 4.69) is 29.2 Å². The van der Waals surface area contributed by atoms with Gasteiger partial charge in [-0.2, -0.15) is 0 Å². The predicted octanol–water partition coefficient (Wildman–Crippen LogP) is 1.85. The maximum atomic E-state index is 4.46. The summed E-state index contributed by atoms with van der Waals surface area (Å²) in [6.07, 6.45) is 6.98. The molecule has 0 saturated heterocycles. The van der Waals surface area contributed by atoms with Crippen LogP contribution in [0.3, 0.4) is 0 Å². The fourth-order valence-electron chi connectivity index (χ4n) is 2.60. The molecule has 0 radical (unpaired) electrons. The van der Waals surface area contributed by atoms with Crippen LogP contribution in [0.1, 0.15) is 39.0 Å². The summed E-state index contributed by atoms with van der Waals surface area (Å²) in [5.41, 5.74) is 0.504. The summed E-state index contributed by atoms with van der Waals surface area (Å²) in [5, 5.41) is 3.52. The van der Waals surface area contributed by atoms with Crippen LogP contribution in [0.2, 0.25) is 0 Å². The Labute approximate surface area is 92.9 Å². The molecule has 0 aromatic rings. The number of nitrogens with zero attached hydrogens (tertiary/aromatic N) is 2. The summed E-state index contributed by atoms with van der Waals surface area (Å²) in [6.45, 7) is 5.53. The van der Waals surface area contributed by atoms with Gasteiger partial charge >= 0.3 is 0 Å². The SMILES string of the molecule is CN1CCN=C1NCC1(C)CCCCC1. The Hall–Kier alpha value is -0.730. The molecule has 15 heavy (non-hydrogen) atoms. The van der Waals surface area contributed by atoms with Crippen LogP contribution < -0.4 is 5.32 Å². The predicted molar refractivity (Wildman–Crippen MR) is 64.1 cm³/mol. The second-order valence-corrected chi connectivity index (χ2v) is 5.35. The summed E-state index contributed by atoms with van der Waals surface area (Å²) in [7, 11) is 2.11. The lowest BCUT2D eigenvalue weighted by Crippen LogP contribution is -2.42. The van der Waals surface area contributed by atoms with Crippen molar-refractivity contribution in [2.45, 2.75) is 39.0 Å². The molecule has 1 saturated carbocycles. The zero-order valence-electron chi connectivity index (χ0n) is 10.1. The summed E-state index contributed by atoms with van der Waals surface area (Å²) in [4.78, 5) is 6.68. The van der Waals surface area contributed by atoms with E-state index in [4.69, 9.17) is 0 Å². The van der Waals surface area contributed by atoms with Crippen molar-refractivity contribution in [2.24, 2.45) is 10.4 Å². The van der Waals surface area contributed by atoms with Gasteiger partial charge in [0.05, 0.1) is 6.54 Å². The van der Waals surface area contributed by atoms with Crippen molar-refractivity contribution in [1.29, 1.82) is 0 Å². The first-order valence-corrected chi connectivity index (χ1v) is 6.19. The molecule has 0 aromatic heterocycles. The molecular formula is C12H23N3. The van der Waals surface area contributed by atoms with Gasteiger partial charge in [0.25, 0.3) is 0 Å². The number of hydrogen-bond donors (Lipinski definition) is 1. The standard InChI is InChI=1S/C12H23N3/c1-12(6-4-3-5-7-12)10-14-11-13-8-9-15(11)2/h3-10H2,1-2H3,(H,13,14). The summed E-state index contributed by atoms with van der Waals surface area (Å²) < 4.78 is 0. The van der Waals surface area contributed by atoms with E-state index in [1.165, 1.54) is 32.1 Å². The van der Waals surface area contributed by atoms with E-state index in [1.807, 2.05) is 0 Å². The third-order valence-corrected chi connectivity index (χ3v) is 3.79. The molecule has 0 atom stereocenters. The molecule has 2 rings (SSSR count). The van der Waals surface area contributed by atoms with Crippen LogP contribution in [0, 0.1) is 5.41 Å². The summed E-state index contributed by atoms with van der Waals surface area (Å²) >= 11 is 0. The summed E-state index contributed by atoms with van der Waals surface area (Å²) in [6, 6.07) is 0. The van der Waals surface area contributed by atoms with Crippen molar-refractivity contribution in [3.63, 3.8) is 0 Å². The zero-order valence-corrected chi connectivity index (χ0v) is 10.1. The van der Waals surface area contributed by atoms with Crippen LogP contribution in [0.4, 0.5) is 0 Å². The Bertz CT molecular complexity index is 241. The number of likely N-dealkylation sites (N-methyl/N-ethyl adjacent to an activating group) is 1. The monoisotopic (exact) mass is 209 g/mol. The highest BCUT2D eigenvalue weighted by Gasteiger charge is 2.27. The Morgan fingerprint density at radius 2 is 2.07 bits per heavy atom. The van der Waals surface area contributed by atoms with Gasteiger partial charge in [0.1, 0.15) is 0 Å². The van der Waals surface area contributed by atoms with Crippen molar-refractivity contribution in [3.05, 3.63) is 0 Å². The Balaban J connectivity index is 1.81. The first kappa shape index (κ1) is 10.8. The van der Waals surface area contributed by atoms with Gasteiger partial charge in [-0.15, -0.1) is 0 Å². The normalized spacial score (nSPS) is 25.2. The average molecular weight is 209 g/mol. The lowest BCUT2D eigenvalue weighted by atomic mass is 9.76. The molecular weight excluding hydrogens is 186 g/mol. The number of aliphatic imine (C=N–C) groups is 1. The molecule has 2 aliphatic rings. The zero-order chi connectivity index (χ0) is 10.7. The van der Waals surface area contributed by atoms with Crippen LogP contribution >= 0.6 is 0 Å². The Kier molecular flexibility index (Phi) is 3.17. The Morgan fingerprint density at radius 3 is 2.67 bits per heavy atom. The van der Waals surface area contributed by atoms with Crippen LogP contribution in [-0.2, 0) is 0 Å². The quantitative estimate of drug-likeness (QED) is 0.751. The van der Waals surface area contributed by atoms with Gasteiger partial charge in [-0.3, -0.25) is 4.99 Å². The topological polar surface area (TPSA) is 27.6 Å². The molecule has 86 valence electrons. The molecule has 3 nitrogen and oxygen atoms in total. The van der Waals surface area contributed by atoms with Crippen LogP contribution in [0.15, 0.2) is 4.99 Å². The van der Waals surface area contributed by atoms with Crippen LogP contribution in [0.5, 0.6) is 0 Å². The first-order valence-electron chi connectivity index (χ1n) is 6.19. The van der Waals surface area contributed by atoms with Crippen molar-refractivity contribution in [1.82, 2.24) is 10.2 Å². The molecule has 1 aliphatic heterocycles. The Morgan fingerprint density at radius 1 is 1.33 bits per heavy atom. The van der Waals surface area contributed by atoms with E-state index in [0.29, 0.717) is 5.41 Å². The molecule has 0 bridgehead atoms. The second-order valence-electron chi connectivity index (χ2n) is 5.35. The van der Waals surface area contributed by atoms with Gasteiger partial charge in [0.15, 0.2) is 5.96 Å². The highest BCUT2D eigenvalue weighted by Crippen LogP contribution is 2.34. The number of guanidine groups is 1. The van der Waals surface area contributed by atoms with E-state index in [1.54, 1.807) is 0 Å². The lowest BCUT2D eigenvalue weighted by molar-refractivity contribution is 0.216. The maximum Gasteiger partial charge on any atom is 0.193 e. The van der Waals surface area contributed by atoms with Gasteiger partial charge in [-0.25, -0.2) is 0 Å². The van der Waals surface area contributed by atoms with Crippen LogP contribution in [-0.4, -0.2) is 37.5 Å². The van der Waals surface area contributed by atoms with Gasteiger partial charge in [0.2, 0.25) is 0 Å². The molecule has 3 heteroatoms.